The van der Waals surface area contributed by atoms with Crippen LogP contribution in [-0.2, 0) is 0 Å². The average molecular weight is 368 g/mol. The number of piperidine rings is 1. The molecular formula is C21H28N4O2. The topological polar surface area (TPSA) is 58.4 Å². The van der Waals surface area contributed by atoms with E-state index >= 15 is 0 Å². The van der Waals surface area contributed by atoms with Gasteiger partial charge in [-0.1, -0.05) is 18.2 Å². The smallest absolute Gasteiger partial charge is 0.275 e. The van der Waals surface area contributed by atoms with Crippen molar-refractivity contribution in [2.45, 2.75) is 51.6 Å². The summed E-state index contributed by atoms with van der Waals surface area (Å²) in [6.45, 7) is 7.65. The van der Waals surface area contributed by atoms with Crippen molar-refractivity contribution < 1.29 is 4.79 Å². The molecule has 0 spiro atoms. The number of fused-ring (bicyclic) bond motifs is 1. The zero-order valence-electron chi connectivity index (χ0n) is 16.2. The van der Waals surface area contributed by atoms with Crippen LogP contribution in [0.5, 0.6) is 0 Å². The Morgan fingerprint density at radius 2 is 1.78 bits per heavy atom. The van der Waals surface area contributed by atoms with E-state index in [-0.39, 0.29) is 17.5 Å². The van der Waals surface area contributed by atoms with E-state index in [9.17, 15) is 9.59 Å². The van der Waals surface area contributed by atoms with Crippen LogP contribution in [0.25, 0.3) is 10.8 Å². The predicted molar refractivity (Wildman–Crippen MR) is 106 cm³/mol. The Bertz CT molecular complexity index is 899. The average Bonchev–Trinajstić information content (AvgIpc) is 3.23. The summed E-state index contributed by atoms with van der Waals surface area (Å²) in [4.78, 5) is 30.6. The third-order valence-corrected chi connectivity index (χ3v) is 5.86. The minimum absolute atomic E-state index is 0.0514. The Kier molecular flexibility index (Phi) is 5.00. The van der Waals surface area contributed by atoms with Gasteiger partial charge in [0.1, 0.15) is 0 Å². The van der Waals surface area contributed by atoms with Crippen LogP contribution in [0.1, 0.15) is 56.1 Å². The molecular weight excluding hydrogens is 340 g/mol. The van der Waals surface area contributed by atoms with Crippen LogP contribution in [0, 0.1) is 0 Å². The monoisotopic (exact) mass is 368 g/mol. The number of likely N-dealkylation sites (tertiary alicyclic amines) is 2. The number of rotatable bonds is 3. The van der Waals surface area contributed by atoms with E-state index in [1.54, 1.807) is 6.07 Å². The summed E-state index contributed by atoms with van der Waals surface area (Å²) in [5.74, 6) is -0.0514. The molecule has 6 nitrogen and oxygen atoms in total. The second-order valence-electron chi connectivity index (χ2n) is 8.03. The third kappa shape index (κ3) is 3.38. The van der Waals surface area contributed by atoms with Gasteiger partial charge in [-0.2, -0.15) is 5.10 Å². The van der Waals surface area contributed by atoms with E-state index in [0.29, 0.717) is 22.5 Å². The Morgan fingerprint density at radius 1 is 1.07 bits per heavy atom. The quantitative estimate of drug-likeness (QED) is 0.836. The molecule has 2 aromatic rings. The van der Waals surface area contributed by atoms with Crippen molar-refractivity contribution in [3.63, 3.8) is 0 Å². The highest BCUT2D eigenvalue weighted by Crippen LogP contribution is 2.23. The highest BCUT2D eigenvalue weighted by atomic mass is 16.2. The van der Waals surface area contributed by atoms with E-state index in [1.165, 1.54) is 17.5 Å². The van der Waals surface area contributed by atoms with E-state index in [1.807, 2.05) is 36.9 Å². The molecule has 0 bridgehead atoms. The van der Waals surface area contributed by atoms with Crippen molar-refractivity contribution in [2.75, 3.05) is 26.2 Å². The first kappa shape index (κ1) is 18.2. The molecule has 0 radical (unpaired) electrons. The first-order valence-electron chi connectivity index (χ1n) is 10.1. The van der Waals surface area contributed by atoms with Gasteiger partial charge in [0.05, 0.1) is 11.4 Å². The highest BCUT2D eigenvalue weighted by molar-refractivity contribution is 6.04. The first-order valence-corrected chi connectivity index (χ1v) is 10.1. The van der Waals surface area contributed by atoms with Gasteiger partial charge in [0.15, 0.2) is 5.69 Å². The van der Waals surface area contributed by atoms with Gasteiger partial charge in [0.2, 0.25) is 0 Å². The van der Waals surface area contributed by atoms with Crippen LogP contribution < -0.4 is 5.56 Å². The van der Waals surface area contributed by atoms with E-state index in [2.05, 4.69) is 10.00 Å². The highest BCUT2D eigenvalue weighted by Gasteiger charge is 2.31. The summed E-state index contributed by atoms with van der Waals surface area (Å²) in [5.41, 5.74) is 0.270. The van der Waals surface area contributed by atoms with Crippen molar-refractivity contribution in [2.24, 2.45) is 0 Å². The lowest BCUT2D eigenvalue weighted by molar-refractivity contribution is 0.0601. The lowest BCUT2D eigenvalue weighted by Crippen LogP contribution is -2.49. The molecule has 3 heterocycles. The normalized spacial score (nSPS) is 21.3. The lowest BCUT2D eigenvalue weighted by Gasteiger charge is -2.37. The summed E-state index contributed by atoms with van der Waals surface area (Å²) in [6.07, 6.45) is 4.70. The Labute approximate surface area is 159 Å². The van der Waals surface area contributed by atoms with E-state index in [0.717, 1.165) is 39.0 Å². The molecule has 0 saturated carbocycles. The summed E-state index contributed by atoms with van der Waals surface area (Å²) in [5, 5.41) is 5.72. The minimum Gasteiger partial charge on any atom is -0.336 e. The number of carbonyl (C=O) groups excluding carboxylic acids is 1. The van der Waals surface area contributed by atoms with Crippen molar-refractivity contribution in [3.05, 3.63) is 40.3 Å². The maximum absolute atomic E-state index is 13.4. The van der Waals surface area contributed by atoms with E-state index in [4.69, 9.17) is 0 Å². The zero-order valence-corrected chi connectivity index (χ0v) is 16.2. The van der Waals surface area contributed by atoms with Crippen LogP contribution in [-0.4, -0.2) is 57.7 Å². The molecule has 1 amide bonds. The Morgan fingerprint density at radius 3 is 2.48 bits per heavy atom. The number of benzene rings is 1. The molecule has 1 aromatic heterocycles. The van der Waals surface area contributed by atoms with Crippen molar-refractivity contribution >= 4 is 16.7 Å². The fourth-order valence-corrected chi connectivity index (χ4v) is 4.41. The molecule has 144 valence electrons. The van der Waals surface area contributed by atoms with Gasteiger partial charge in [-0.25, -0.2) is 4.68 Å². The van der Waals surface area contributed by atoms with Gasteiger partial charge in [-0.3, -0.25) is 14.5 Å². The van der Waals surface area contributed by atoms with Gasteiger partial charge in [-0.05, 0) is 58.7 Å². The number of aromatic nitrogens is 2. The molecule has 6 heteroatoms. The van der Waals surface area contributed by atoms with Gasteiger partial charge in [-0.15, -0.1) is 0 Å². The third-order valence-electron chi connectivity index (χ3n) is 5.86. The van der Waals surface area contributed by atoms with Gasteiger partial charge in [0, 0.05) is 24.5 Å². The molecule has 27 heavy (non-hydrogen) atoms. The SMILES string of the molecule is CC(C)n1nc(C(=O)N2CCCC(N3CCCC3)C2)c2ccccc2c1=O. The van der Waals surface area contributed by atoms with E-state index < -0.39 is 0 Å². The number of hydrogen-bond acceptors (Lipinski definition) is 4. The molecule has 1 unspecified atom stereocenters. The fraction of sp³-hybridized carbons (Fsp3) is 0.571. The second kappa shape index (κ2) is 7.43. The number of carbonyl (C=O) groups is 1. The molecule has 2 saturated heterocycles. The van der Waals surface area contributed by atoms with Crippen LogP contribution >= 0.6 is 0 Å². The lowest BCUT2D eigenvalue weighted by atomic mass is 10.0. The molecule has 2 aliphatic heterocycles. The molecule has 1 atom stereocenters. The molecule has 2 aliphatic rings. The van der Waals surface area contributed by atoms with Crippen LogP contribution in [0.2, 0.25) is 0 Å². The fourth-order valence-electron chi connectivity index (χ4n) is 4.41. The molecule has 0 N–H and O–H groups in total. The Hall–Kier alpha value is -2.21. The van der Waals surface area contributed by atoms with Crippen molar-refractivity contribution in [3.8, 4) is 0 Å². The Balaban J connectivity index is 1.69. The molecule has 1 aromatic carbocycles. The first-order chi connectivity index (χ1) is 13.1. The summed E-state index contributed by atoms with van der Waals surface area (Å²) in [6, 6.07) is 7.69. The van der Waals surface area contributed by atoms with Crippen LogP contribution in [0.4, 0.5) is 0 Å². The second-order valence-corrected chi connectivity index (χ2v) is 8.03. The summed E-state index contributed by atoms with van der Waals surface area (Å²) in [7, 11) is 0. The molecule has 4 rings (SSSR count). The van der Waals surface area contributed by atoms with Crippen molar-refractivity contribution in [1.29, 1.82) is 0 Å². The minimum atomic E-state index is -0.134. The number of amides is 1. The van der Waals surface area contributed by atoms with Gasteiger partial charge >= 0.3 is 0 Å². The van der Waals surface area contributed by atoms with Crippen molar-refractivity contribution in [1.82, 2.24) is 19.6 Å². The van der Waals surface area contributed by atoms with Gasteiger partial charge in [0.25, 0.3) is 11.5 Å². The van der Waals surface area contributed by atoms with Crippen LogP contribution in [0.3, 0.4) is 0 Å². The maximum atomic E-state index is 13.4. The summed E-state index contributed by atoms with van der Waals surface area (Å²) >= 11 is 0. The largest absolute Gasteiger partial charge is 0.336 e. The van der Waals surface area contributed by atoms with Crippen LogP contribution in [0.15, 0.2) is 29.1 Å². The maximum Gasteiger partial charge on any atom is 0.275 e. The molecule has 2 fully saturated rings. The number of nitrogens with zero attached hydrogens (tertiary/aromatic N) is 4. The number of hydrogen-bond donors (Lipinski definition) is 0. The zero-order chi connectivity index (χ0) is 19.0. The predicted octanol–water partition coefficient (Wildman–Crippen LogP) is 2.68. The summed E-state index contributed by atoms with van der Waals surface area (Å²) < 4.78 is 1.44. The molecule has 0 aliphatic carbocycles. The standard InChI is InChI=1S/C21H28N4O2/c1-15(2)25-20(26)18-10-4-3-9-17(18)19(22-25)21(27)24-13-7-8-16(14-24)23-11-5-6-12-23/h3-4,9-10,15-16H,5-8,11-14H2,1-2H3. The van der Waals surface area contributed by atoms with Gasteiger partial charge < -0.3 is 4.90 Å².